The van der Waals surface area contributed by atoms with Crippen LogP contribution in [0.1, 0.15) is 25.3 Å². The summed E-state index contributed by atoms with van der Waals surface area (Å²) < 4.78 is 0. The highest BCUT2D eigenvalue weighted by molar-refractivity contribution is 5.20. The normalized spacial score (nSPS) is 31.7. The molecule has 0 spiro atoms. The van der Waals surface area contributed by atoms with Gasteiger partial charge in [0, 0.05) is 6.42 Å². The lowest BCUT2D eigenvalue weighted by Gasteiger charge is -2.09. The first kappa shape index (κ1) is 8.76. The van der Waals surface area contributed by atoms with Crippen molar-refractivity contribution in [2.45, 2.75) is 31.8 Å². The Hall–Kier alpha value is -0.820. The number of benzene rings is 1. The van der Waals surface area contributed by atoms with Crippen molar-refractivity contribution in [2.75, 3.05) is 0 Å². The molecule has 2 rings (SSSR count). The summed E-state index contributed by atoms with van der Waals surface area (Å²) in [4.78, 5) is 0. The van der Waals surface area contributed by atoms with E-state index in [1.165, 1.54) is 5.56 Å². The quantitative estimate of drug-likeness (QED) is 0.749. The Morgan fingerprint density at radius 1 is 1.38 bits per heavy atom. The van der Waals surface area contributed by atoms with Crippen LogP contribution in [0.15, 0.2) is 30.3 Å². The molecule has 1 aliphatic carbocycles. The van der Waals surface area contributed by atoms with Crippen LogP contribution in [0, 0.1) is 5.92 Å². The highest BCUT2D eigenvalue weighted by Crippen LogP contribution is 2.47. The van der Waals surface area contributed by atoms with Crippen LogP contribution in [0.25, 0.3) is 0 Å². The number of hydrogen-bond acceptors (Lipinski definition) is 1. The predicted molar refractivity (Wildman–Crippen MR) is 53.5 cm³/mol. The molecule has 0 radical (unpaired) electrons. The van der Waals surface area contributed by atoms with Gasteiger partial charge in [-0.15, -0.1) is 0 Å². The molecule has 70 valence electrons. The zero-order chi connectivity index (χ0) is 9.31. The molecule has 0 aliphatic heterocycles. The van der Waals surface area contributed by atoms with Crippen LogP contribution in [-0.2, 0) is 6.42 Å². The van der Waals surface area contributed by atoms with Gasteiger partial charge in [0.25, 0.3) is 0 Å². The molecule has 0 amide bonds. The van der Waals surface area contributed by atoms with E-state index in [9.17, 15) is 5.11 Å². The van der Waals surface area contributed by atoms with Crippen molar-refractivity contribution in [3.8, 4) is 0 Å². The van der Waals surface area contributed by atoms with Crippen LogP contribution in [0.4, 0.5) is 0 Å². The van der Waals surface area contributed by atoms with Crippen molar-refractivity contribution >= 4 is 0 Å². The highest BCUT2D eigenvalue weighted by Gasteiger charge is 2.50. The molecule has 1 aromatic carbocycles. The molecule has 13 heavy (non-hydrogen) atoms. The second kappa shape index (κ2) is 3.15. The third-order valence-electron chi connectivity index (χ3n) is 3.05. The maximum Gasteiger partial charge on any atom is 0.0720 e. The maximum absolute atomic E-state index is 10.0. The lowest BCUT2D eigenvalue weighted by molar-refractivity contribution is 0.130. The second-order valence-electron chi connectivity index (χ2n) is 4.08. The van der Waals surface area contributed by atoms with E-state index in [1.54, 1.807) is 0 Å². The van der Waals surface area contributed by atoms with E-state index in [0.717, 1.165) is 19.3 Å². The first-order valence-corrected chi connectivity index (χ1v) is 5.01. The Kier molecular flexibility index (Phi) is 2.12. The lowest BCUT2D eigenvalue weighted by atomic mass is 10.0. The van der Waals surface area contributed by atoms with Gasteiger partial charge in [0.05, 0.1) is 5.60 Å². The lowest BCUT2D eigenvalue weighted by Crippen LogP contribution is -2.14. The molecule has 1 saturated carbocycles. The Morgan fingerprint density at radius 3 is 2.62 bits per heavy atom. The average Bonchev–Trinajstić information content (AvgIpc) is 2.78. The number of hydrogen-bond donors (Lipinski definition) is 1. The fraction of sp³-hybridized carbons (Fsp3) is 0.500. The zero-order valence-electron chi connectivity index (χ0n) is 8.03. The summed E-state index contributed by atoms with van der Waals surface area (Å²) in [5.41, 5.74) is 0.872. The smallest absolute Gasteiger partial charge is 0.0720 e. The summed E-state index contributed by atoms with van der Waals surface area (Å²) in [6.45, 7) is 2.15. The molecule has 0 aromatic heterocycles. The van der Waals surface area contributed by atoms with Crippen LogP contribution in [0.2, 0.25) is 0 Å². The monoisotopic (exact) mass is 176 g/mol. The summed E-state index contributed by atoms with van der Waals surface area (Å²) in [5, 5.41) is 10.0. The molecule has 1 nitrogen and oxygen atoms in total. The number of rotatable bonds is 3. The number of aliphatic hydroxyl groups is 1. The topological polar surface area (TPSA) is 20.2 Å². The third-order valence-corrected chi connectivity index (χ3v) is 3.05. The van der Waals surface area contributed by atoms with Gasteiger partial charge in [-0.25, -0.2) is 0 Å². The summed E-state index contributed by atoms with van der Waals surface area (Å²) in [5.74, 6) is 0.535. The molecule has 0 saturated heterocycles. The van der Waals surface area contributed by atoms with Crippen LogP contribution in [-0.4, -0.2) is 10.7 Å². The van der Waals surface area contributed by atoms with Gasteiger partial charge in [-0.1, -0.05) is 43.7 Å². The van der Waals surface area contributed by atoms with Gasteiger partial charge in [0.2, 0.25) is 0 Å². The first-order chi connectivity index (χ1) is 6.24. The molecule has 0 heterocycles. The van der Waals surface area contributed by atoms with Crippen LogP contribution >= 0.6 is 0 Å². The fourth-order valence-corrected chi connectivity index (χ4v) is 2.06. The minimum absolute atomic E-state index is 0.379. The van der Waals surface area contributed by atoms with Gasteiger partial charge in [-0.3, -0.25) is 0 Å². The summed E-state index contributed by atoms with van der Waals surface area (Å²) in [6.07, 6.45) is 2.91. The van der Waals surface area contributed by atoms with Crippen molar-refractivity contribution in [1.82, 2.24) is 0 Å². The highest BCUT2D eigenvalue weighted by atomic mass is 16.3. The van der Waals surface area contributed by atoms with Crippen molar-refractivity contribution in [2.24, 2.45) is 5.92 Å². The molecular formula is C12H16O. The fourth-order valence-electron chi connectivity index (χ4n) is 2.06. The average molecular weight is 176 g/mol. The van der Waals surface area contributed by atoms with E-state index in [-0.39, 0.29) is 5.60 Å². The Balaban J connectivity index is 2.00. The molecule has 1 fully saturated rings. The van der Waals surface area contributed by atoms with Crippen molar-refractivity contribution in [3.05, 3.63) is 35.9 Å². The third kappa shape index (κ3) is 1.75. The summed E-state index contributed by atoms with van der Waals surface area (Å²) >= 11 is 0. The molecular weight excluding hydrogens is 160 g/mol. The SMILES string of the molecule is CCC1CC1(O)Cc1ccccc1. The van der Waals surface area contributed by atoms with E-state index in [4.69, 9.17) is 0 Å². The zero-order valence-corrected chi connectivity index (χ0v) is 8.03. The van der Waals surface area contributed by atoms with E-state index in [2.05, 4.69) is 19.1 Å². The second-order valence-corrected chi connectivity index (χ2v) is 4.08. The standard InChI is InChI=1S/C12H16O/c1-2-11-9-12(11,13)8-10-6-4-3-5-7-10/h3-7,11,13H,2,8-9H2,1H3. The van der Waals surface area contributed by atoms with Gasteiger partial charge >= 0.3 is 0 Å². The van der Waals surface area contributed by atoms with Crippen molar-refractivity contribution in [1.29, 1.82) is 0 Å². The largest absolute Gasteiger partial charge is 0.389 e. The maximum atomic E-state index is 10.0. The van der Waals surface area contributed by atoms with Gasteiger partial charge in [-0.05, 0) is 17.9 Å². The van der Waals surface area contributed by atoms with Gasteiger partial charge in [0.15, 0.2) is 0 Å². The summed E-state index contributed by atoms with van der Waals surface area (Å²) in [6, 6.07) is 10.2. The van der Waals surface area contributed by atoms with E-state index in [1.807, 2.05) is 18.2 Å². The predicted octanol–water partition coefficient (Wildman–Crippen LogP) is 2.39. The Labute approximate surface area is 79.4 Å². The van der Waals surface area contributed by atoms with Gasteiger partial charge in [0.1, 0.15) is 0 Å². The summed E-state index contributed by atoms with van der Waals surface area (Å²) in [7, 11) is 0. The molecule has 1 aliphatic rings. The molecule has 2 unspecified atom stereocenters. The molecule has 1 N–H and O–H groups in total. The van der Waals surface area contributed by atoms with Crippen LogP contribution < -0.4 is 0 Å². The minimum atomic E-state index is -0.379. The van der Waals surface area contributed by atoms with Crippen molar-refractivity contribution in [3.63, 3.8) is 0 Å². The van der Waals surface area contributed by atoms with Crippen molar-refractivity contribution < 1.29 is 5.11 Å². The minimum Gasteiger partial charge on any atom is -0.389 e. The van der Waals surface area contributed by atoms with E-state index < -0.39 is 0 Å². The van der Waals surface area contributed by atoms with Gasteiger partial charge < -0.3 is 5.11 Å². The molecule has 0 bridgehead atoms. The first-order valence-electron chi connectivity index (χ1n) is 5.01. The molecule has 1 heteroatoms. The Bertz CT molecular complexity index is 280. The Morgan fingerprint density at radius 2 is 2.08 bits per heavy atom. The molecule has 1 aromatic rings. The van der Waals surface area contributed by atoms with Crippen LogP contribution in [0.3, 0.4) is 0 Å². The van der Waals surface area contributed by atoms with E-state index >= 15 is 0 Å². The molecule has 2 atom stereocenters. The van der Waals surface area contributed by atoms with E-state index in [0.29, 0.717) is 5.92 Å². The van der Waals surface area contributed by atoms with Crippen LogP contribution in [0.5, 0.6) is 0 Å². The van der Waals surface area contributed by atoms with Gasteiger partial charge in [-0.2, -0.15) is 0 Å².